The van der Waals surface area contributed by atoms with Gasteiger partial charge < -0.3 is 10.0 Å². The lowest BCUT2D eigenvalue weighted by atomic mass is 10.1. The molecule has 0 fully saturated rings. The summed E-state index contributed by atoms with van der Waals surface area (Å²) in [6.45, 7) is -0.109. The highest BCUT2D eigenvalue weighted by Gasteiger charge is 2.20. The van der Waals surface area contributed by atoms with Crippen molar-refractivity contribution in [3.63, 3.8) is 0 Å². The number of amides is 1. The first-order valence-corrected chi connectivity index (χ1v) is 4.84. The fourth-order valence-electron chi connectivity index (χ4n) is 1.26. The van der Waals surface area contributed by atoms with Crippen LogP contribution in [0.4, 0.5) is 8.78 Å². The van der Waals surface area contributed by atoms with Crippen LogP contribution in [0.25, 0.3) is 0 Å². The van der Waals surface area contributed by atoms with E-state index in [0.717, 1.165) is 23.1 Å². The van der Waals surface area contributed by atoms with Crippen molar-refractivity contribution in [2.45, 2.75) is 6.42 Å². The van der Waals surface area contributed by atoms with Crippen molar-refractivity contribution >= 4 is 11.9 Å². The Kier molecular flexibility index (Phi) is 4.14. The maximum atomic E-state index is 13.3. The summed E-state index contributed by atoms with van der Waals surface area (Å²) in [6, 6.07) is 3.10. The van der Waals surface area contributed by atoms with Crippen LogP contribution in [0, 0.1) is 11.6 Å². The molecule has 92 valence electrons. The highest BCUT2D eigenvalue weighted by molar-refractivity contribution is 5.94. The van der Waals surface area contributed by atoms with Crippen LogP contribution >= 0.6 is 0 Å². The molecule has 0 heterocycles. The number of rotatable bonds is 4. The Labute approximate surface area is 96.5 Å². The minimum Gasteiger partial charge on any atom is -0.481 e. The van der Waals surface area contributed by atoms with E-state index in [1.165, 1.54) is 7.05 Å². The lowest BCUT2D eigenvalue weighted by Gasteiger charge is -2.16. The van der Waals surface area contributed by atoms with Gasteiger partial charge in [0.1, 0.15) is 17.2 Å². The molecule has 1 amide bonds. The van der Waals surface area contributed by atoms with Crippen LogP contribution in [0.1, 0.15) is 16.8 Å². The molecule has 0 aliphatic heterocycles. The van der Waals surface area contributed by atoms with Gasteiger partial charge in [-0.3, -0.25) is 9.59 Å². The minimum absolute atomic E-state index is 0.109. The lowest BCUT2D eigenvalue weighted by Crippen LogP contribution is -2.30. The lowest BCUT2D eigenvalue weighted by molar-refractivity contribution is -0.137. The van der Waals surface area contributed by atoms with Gasteiger partial charge in [0, 0.05) is 13.6 Å². The number of carboxylic acids is 1. The summed E-state index contributed by atoms with van der Waals surface area (Å²) in [7, 11) is 1.29. The molecule has 0 spiro atoms. The molecule has 0 bridgehead atoms. The highest BCUT2D eigenvalue weighted by Crippen LogP contribution is 2.14. The average molecular weight is 243 g/mol. The average Bonchev–Trinajstić information content (AvgIpc) is 2.25. The minimum atomic E-state index is -1.08. The molecule has 0 atom stereocenters. The zero-order valence-electron chi connectivity index (χ0n) is 9.11. The smallest absolute Gasteiger partial charge is 0.305 e. The monoisotopic (exact) mass is 243 g/mol. The van der Waals surface area contributed by atoms with Crippen molar-refractivity contribution < 1.29 is 23.5 Å². The van der Waals surface area contributed by atoms with E-state index in [1.54, 1.807) is 0 Å². The van der Waals surface area contributed by atoms with Crippen LogP contribution in [0.15, 0.2) is 18.2 Å². The molecule has 0 unspecified atom stereocenters. The number of hydrogen-bond acceptors (Lipinski definition) is 2. The number of nitrogens with zero attached hydrogens (tertiary/aromatic N) is 1. The summed E-state index contributed by atoms with van der Waals surface area (Å²) >= 11 is 0. The standard InChI is InChI=1S/C11H11F2NO3/c1-14(6-5-9(15)16)11(17)10-7(12)3-2-4-8(10)13/h2-4H,5-6H2,1H3,(H,15,16). The van der Waals surface area contributed by atoms with E-state index >= 15 is 0 Å². The number of carboxylic acid groups (broad SMARTS) is 1. The Morgan fingerprint density at radius 3 is 2.29 bits per heavy atom. The zero-order valence-corrected chi connectivity index (χ0v) is 9.11. The number of aliphatic carboxylic acids is 1. The first kappa shape index (κ1) is 13.1. The normalized spacial score (nSPS) is 10.1. The van der Waals surface area contributed by atoms with E-state index in [4.69, 9.17) is 5.11 Å². The summed E-state index contributed by atoms with van der Waals surface area (Å²) in [4.78, 5) is 22.9. The van der Waals surface area contributed by atoms with Crippen molar-refractivity contribution in [2.75, 3.05) is 13.6 Å². The molecule has 1 rings (SSSR count). The Bertz CT molecular complexity index is 428. The molecule has 1 aromatic carbocycles. The van der Waals surface area contributed by atoms with Crippen molar-refractivity contribution in [3.05, 3.63) is 35.4 Å². The van der Waals surface area contributed by atoms with Gasteiger partial charge in [0.25, 0.3) is 5.91 Å². The van der Waals surface area contributed by atoms with Crippen LogP contribution < -0.4 is 0 Å². The Balaban J connectivity index is 2.85. The van der Waals surface area contributed by atoms with Crippen LogP contribution in [0.5, 0.6) is 0 Å². The topological polar surface area (TPSA) is 57.6 Å². The van der Waals surface area contributed by atoms with Gasteiger partial charge in [0.05, 0.1) is 6.42 Å². The van der Waals surface area contributed by atoms with E-state index in [1.807, 2.05) is 0 Å². The molecule has 1 aromatic rings. The Morgan fingerprint density at radius 2 is 1.82 bits per heavy atom. The summed E-state index contributed by atoms with van der Waals surface area (Å²) in [6.07, 6.45) is -0.279. The van der Waals surface area contributed by atoms with Crippen LogP contribution in [-0.4, -0.2) is 35.5 Å². The number of hydrogen-bond donors (Lipinski definition) is 1. The summed E-state index contributed by atoms with van der Waals surface area (Å²) in [5.41, 5.74) is -0.666. The van der Waals surface area contributed by atoms with E-state index in [2.05, 4.69) is 0 Å². The van der Waals surface area contributed by atoms with Gasteiger partial charge in [-0.1, -0.05) is 6.07 Å². The maximum Gasteiger partial charge on any atom is 0.305 e. The molecule has 0 radical (unpaired) electrons. The number of halogens is 2. The third-order valence-electron chi connectivity index (χ3n) is 2.18. The third kappa shape index (κ3) is 3.24. The SMILES string of the molecule is CN(CCC(=O)O)C(=O)c1c(F)cccc1F. The maximum absolute atomic E-state index is 13.3. The molecule has 1 N–H and O–H groups in total. The van der Waals surface area contributed by atoms with Crippen LogP contribution in [0.3, 0.4) is 0 Å². The molecule has 0 aromatic heterocycles. The fraction of sp³-hybridized carbons (Fsp3) is 0.273. The predicted molar refractivity (Wildman–Crippen MR) is 55.6 cm³/mol. The molecule has 0 aliphatic rings. The second-order valence-corrected chi connectivity index (χ2v) is 3.47. The van der Waals surface area contributed by atoms with Gasteiger partial charge in [-0.25, -0.2) is 8.78 Å². The van der Waals surface area contributed by atoms with Crippen molar-refractivity contribution in [2.24, 2.45) is 0 Å². The third-order valence-corrected chi connectivity index (χ3v) is 2.18. The Hall–Kier alpha value is -1.98. The van der Waals surface area contributed by atoms with E-state index in [-0.39, 0.29) is 13.0 Å². The molecule has 17 heavy (non-hydrogen) atoms. The Morgan fingerprint density at radius 1 is 1.29 bits per heavy atom. The molecular formula is C11H11F2NO3. The first-order chi connectivity index (χ1) is 7.93. The van der Waals surface area contributed by atoms with Crippen molar-refractivity contribution in [3.8, 4) is 0 Å². The van der Waals surface area contributed by atoms with Crippen LogP contribution in [0.2, 0.25) is 0 Å². The summed E-state index contributed by atoms with van der Waals surface area (Å²) in [5.74, 6) is -3.88. The van der Waals surface area contributed by atoms with E-state index in [0.29, 0.717) is 0 Å². The van der Waals surface area contributed by atoms with Crippen molar-refractivity contribution in [1.29, 1.82) is 0 Å². The number of benzene rings is 1. The number of carbonyl (C=O) groups excluding carboxylic acids is 1. The highest BCUT2D eigenvalue weighted by atomic mass is 19.1. The van der Waals surface area contributed by atoms with E-state index < -0.39 is 29.1 Å². The van der Waals surface area contributed by atoms with Crippen LogP contribution in [-0.2, 0) is 4.79 Å². The van der Waals surface area contributed by atoms with Gasteiger partial charge in [0.2, 0.25) is 0 Å². The summed E-state index contributed by atoms with van der Waals surface area (Å²) in [5, 5.41) is 8.44. The molecule has 0 saturated carbocycles. The first-order valence-electron chi connectivity index (χ1n) is 4.84. The van der Waals surface area contributed by atoms with Gasteiger partial charge in [-0.05, 0) is 12.1 Å². The van der Waals surface area contributed by atoms with Crippen molar-refractivity contribution in [1.82, 2.24) is 4.90 Å². The molecule has 4 nitrogen and oxygen atoms in total. The fourth-order valence-corrected chi connectivity index (χ4v) is 1.26. The van der Waals surface area contributed by atoms with Gasteiger partial charge in [-0.15, -0.1) is 0 Å². The summed E-state index contributed by atoms with van der Waals surface area (Å²) < 4.78 is 26.5. The van der Waals surface area contributed by atoms with E-state index in [9.17, 15) is 18.4 Å². The quantitative estimate of drug-likeness (QED) is 0.872. The van der Waals surface area contributed by atoms with Gasteiger partial charge in [0.15, 0.2) is 0 Å². The van der Waals surface area contributed by atoms with Gasteiger partial charge in [-0.2, -0.15) is 0 Å². The molecule has 6 heteroatoms. The second kappa shape index (κ2) is 5.38. The van der Waals surface area contributed by atoms with Gasteiger partial charge >= 0.3 is 5.97 Å². The molecule has 0 saturated heterocycles. The number of carbonyl (C=O) groups is 2. The largest absolute Gasteiger partial charge is 0.481 e. The predicted octanol–water partition coefficient (Wildman–Crippen LogP) is 1.51. The zero-order chi connectivity index (χ0) is 13.0. The molecular weight excluding hydrogens is 232 g/mol. The second-order valence-electron chi connectivity index (χ2n) is 3.47. The molecule has 0 aliphatic carbocycles.